The molecule has 0 saturated carbocycles. The molecule has 0 aromatic heterocycles. The molecular formula is C28H30N8Na2O13S. The van der Waals surface area contributed by atoms with Crippen LogP contribution in [0.25, 0.3) is 0 Å². The number of rotatable bonds is 12. The zero-order valence-electron chi connectivity index (χ0n) is 28.1. The van der Waals surface area contributed by atoms with Crippen molar-refractivity contribution in [3.05, 3.63) is 41.1 Å². The minimum Gasteiger partial charge on any atom is -0.548 e. The Kier molecular flexibility index (Phi) is 16.4. The van der Waals surface area contributed by atoms with Gasteiger partial charge in [-0.2, -0.15) is 0 Å². The van der Waals surface area contributed by atoms with Crippen LogP contribution in [0.15, 0.2) is 35.5 Å². The minimum absolute atomic E-state index is 0. The van der Waals surface area contributed by atoms with Crippen LogP contribution in [0.5, 0.6) is 0 Å². The van der Waals surface area contributed by atoms with Gasteiger partial charge in [0.05, 0.1) is 23.7 Å². The number of anilines is 1. The van der Waals surface area contributed by atoms with Crippen LogP contribution in [0, 0.1) is 0 Å². The smallest absolute Gasteiger partial charge is 0.548 e. The van der Waals surface area contributed by atoms with Gasteiger partial charge in [0.25, 0.3) is 5.91 Å². The van der Waals surface area contributed by atoms with Crippen molar-refractivity contribution < 1.29 is 122 Å². The molecule has 52 heavy (non-hydrogen) atoms. The van der Waals surface area contributed by atoms with Crippen molar-refractivity contribution in [3.8, 4) is 0 Å². The van der Waals surface area contributed by atoms with Gasteiger partial charge in [0.15, 0.2) is 0 Å². The Hall–Kier alpha value is -3.90. The number of β-lactam (4-membered cyclic amide) rings is 1. The van der Waals surface area contributed by atoms with E-state index in [-0.39, 0.29) is 101 Å². The number of primary amides is 1. The number of nitrogens with zero attached hydrogens (tertiary/aromatic N) is 3. The molecule has 268 valence electrons. The van der Waals surface area contributed by atoms with Crippen LogP contribution in [0.3, 0.4) is 0 Å². The van der Waals surface area contributed by atoms with E-state index in [2.05, 4.69) is 20.7 Å². The first-order valence-electron chi connectivity index (χ1n) is 14.7. The summed E-state index contributed by atoms with van der Waals surface area (Å²) in [5.74, 6) is -7.29. The Bertz CT molecular complexity index is 1660. The maximum absolute atomic E-state index is 13.7. The number of fused-ring (bicyclic) bond motifs is 1. The first-order valence-corrected chi connectivity index (χ1v) is 15.7. The summed E-state index contributed by atoms with van der Waals surface area (Å²) in [5, 5.41) is 28.9. The number of aliphatic carboxylic acids is 2. The number of carboxylic acid groups (broad SMARTS) is 2. The molecule has 4 rings (SSSR count). The summed E-state index contributed by atoms with van der Waals surface area (Å²) in [7, 11) is 0. The van der Waals surface area contributed by atoms with Gasteiger partial charge in [-0.15, -0.1) is 11.8 Å². The Morgan fingerprint density at radius 2 is 1.65 bits per heavy atom. The number of carboxylic acids is 2. The summed E-state index contributed by atoms with van der Waals surface area (Å²) >= 11 is 1.04. The van der Waals surface area contributed by atoms with E-state index in [1.54, 1.807) is 6.92 Å². The number of hydrogen-bond acceptors (Lipinski definition) is 15. The molecule has 3 heterocycles. The molecule has 0 spiro atoms. The van der Waals surface area contributed by atoms with Gasteiger partial charge in [0, 0.05) is 36.6 Å². The van der Waals surface area contributed by atoms with Gasteiger partial charge in [0.1, 0.15) is 30.7 Å². The molecule has 3 aliphatic heterocycles. The van der Waals surface area contributed by atoms with E-state index >= 15 is 0 Å². The summed E-state index contributed by atoms with van der Waals surface area (Å²) in [6, 6.07) is -0.415. The van der Waals surface area contributed by atoms with Gasteiger partial charge in [0.2, 0.25) is 5.91 Å². The van der Waals surface area contributed by atoms with Gasteiger partial charge in [-0.05, 0) is 24.6 Å². The molecule has 21 nitrogen and oxygen atoms in total. The zero-order valence-corrected chi connectivity index (χ0v) is 32.9. The Labute approximate surface area is 343 Å². The quantitative estimate of drug-likeness (QED) is 0.0750. The van der Waals surface area contributed by atoms with E-state index in [4.69, 9.17) is 16.2 Å². The molecular weight excluding hydrogens is 734 g/mol. The SMILES string of the molecule is CCN1CCN(C(=O)N[C@@H](C(=O)N[C@@H]2C(=O)N3C(C(=O)[O-])=C(COC(N)=O)CS[C@@H]23)c2ccc(NC(=O)OC[C@@H](N)C(=O)[O-])cc2)C(=O)C1=O.[Na+].[Na+]. The van der Waals surface area contributed by atoms with Crippen LogP contribution in [0.1, 0.15) is 18.5 Å². The molecule has 3 aliphatic rings. The third kappa shape index (κ3) is 10.2. The van der Waals surface area contributed by atoms with Crippen LogP contribution in [0.2, 0.25) is 0 Å². The standard InChI is InChI=1S/C28H32N8O13S.2Na/c1-2-34-7-8-35(22(40)21(34)39)27(46)33-16(12-3-5-14(6-4-12)31-28(47)49-10-15(29)24(41)42)19(37)32-17-20(38)36-18(25(43)44)13(9-48-26(30)45)11-50-23(17)36;;/h3-6,15-17,23H,2,7-11,29H2,1H3,(H2,30,45)(H,31,47)(H,32,37)(H,33,46)(H,41,42)(H,43,44);;/q;2*+1/p-2/t15-,16-,17-,23+;;/m1../s1. The molecule has 0 unspecified atom stereocenters. The predicted molar refractivity (Wildman–Crippen MR) is 162 cm³/mol. The normalized spacial score (nSPS) is 19.0. The zero-order chi connectivity index (χ0) is 36.9. The molecule has 1 aromatic carbocycles. The van der Waals surface area contributed by atoms with Crippen LogP contribution >= 0.6 is 11.8 Å². The third-order valence-corrected chi connectivity index (χ3v) is 8.92. The first-order chi connectivity index (χ1) is 23.6. The van der Waals surface area contributed by atoms with Crippen LogP contribution in [-0.4, -0.2) is 125 Å². The molecule has 7 N–H and O–H groups in total. The second-order valence-corrected chi connectivity index (χ2v) is 11.8. The number of benzene rings is 1. The van der Waals surface area contributed by atoms with E-state index in [0.29, 0.717) is 4.90 Å². The summed E-state index contributed by atoms with van der Waals surface area (Å²) < 4.78 is 9.38. The number of imide groups is 1. The van der Waals surface area contributed by atoms with Crippen molar-refractivity contribution in [1.29, 1.82) is 0 Å². The summed E-state index contributed by atoms with van der Waals surface area (Å²) in [6.07, 6.45) is -2.24. The summed E-state index contributed by atoms with van der Waals surface area (Å²) in [4.78, 5) is 114. The van der Waals surface area contributed by atoms with Gasteiger partial charge in [-0.1, -0.05) is 12.1 Å². The van der Waals surface area contributed by atoms with Crippen molar-refractivity contribution >= 4 is 71.2 Å². The fourth-order valence-electron chi connectivity index (χ4n) is 5.00. The van der Waals surface area contributed by atoms with Crippen LogP contribution in [0.4, 0.5) is 20.1 Å². The summed E-state index contributed by atoms with van der Waals surface area (Å²) in [6.45, 7) is 0.534. The van der Waals surface area contributed by atoms with Crippen LogP contribution in [-0.2, 0) is 38.2 Å². The number of ether oxygens (including phenoxy) is 2. The van der Waals surface area contributed by atoms with Crippen molar-refractivity contribution in [2.75, 3.05) is 43.9 Å². The van der Waals surface area contributed by atoms with E-state index in [0.717, 1.165) is 16.7 Å². The minimum atomic E-state index is -1.73. The Morgan fingerprint density at radius 1 is 1.00 bits per heavy atom. The summed E-state index contributed by atoms with van der Waals surface area (Å²) in [5.41, 5.74) is 9.86. The molecule has 0 radical (unpaired) electrons. The van der Waals surface area contributed by atoms with Gasteiger partial charge in [-0.3, -0.25) is 34.3 Å². The fraction of sp³-hybridized carbons (Fsp3) is 0.393. The number of nitrogens with two attached hydrogens (primary N) is 2. The molecule has 1 aromatic rings. The predicted octanol–water partition coefficient (Wildman–Crippen LogP) is -10.7. The third-order valence-electron chi connectivity index (χ3n) is 7.58. The fourth-order valence-corrected chi connectivity index (χ4v) is 6.32. The molecule has 0 bridgehead atoms. The number of nitrogens with one attached hydrogen (secondary N) is 3. The van der Waals surface area contributed by atoms with Gasteiger partial charge < -0.3 is 56.3 Å². The molecule has 24 heteroatoms. The van der Waals surface area contributed by atoms with E-state index < -0.39 is 96.2 Å². The maximum atomic E-state index is 13.7. The van der Waals surface area contributed by atoms with E-state index in [1.165, 1.54) is 29.2 Å². The molecule has 2 fully saturated rings. The van der Waals surface area contributed by atoms with Gasteiger partial charge in [-0.25, -0.2) is 14.4 Å². The van der Waals surface area contributed by atoms with Crippen LogP contribution < -0.4 is 96.7 Å². The number of carbonyl (C=O) groups excluding carboxylic acids is 9. The largest absolute Gasteiger partial charge is 1.00 e. The average molecular weight is 765 g/mol. The number of urea groups is 1. The van der Waals surface area contributed by atoms with Crippen molar-refractivity contribution in [3.63, 3.8) is 0 Å². The first kappa shape index (κ1) is 44.3. The van der Waals surface area contributed by atoms with Crippen molar-refractivity contribution in [2.24, 2.45) is 11.5 Å². The number of amides is 8. The molecule has 0 aliphatic carbocycles. The van der Waals surface area contributed by atoms with E-state index in [1.807, 2.05) is 0 Å². The Morgan fingerprint density at radius 3 is 2.23 bits per heavy atom. The average Bonchev–Trinajstić information content (AvgIpc) is 3.08. The number of likely N-dealkylation sites (N-methyl/N-ethyl adjacent to an activating group) is 1. The number of carbonyl (C=O) groups is 9. The second-order valence-electron chi connectivity index (χ2n) is 10.7. The Balaban J connectivity index is 0.00000468. The maximum Gasteiger partial charge on any atom is 1.00 e. The monoisotopic (exact) mass is 764 g/mol. The molecule has 2 saturated heterocycles. The number of thioether (sulfide) groups is 1. The van der Waals surface area contributed by atoms with E-state index in [9.17, 15) is 53.4 Å². The van der Waals surface area contributed by atoms with Crippen molar-refractivity contribution in [2.45, 2.75) is 30.4 Å². The molecule has 4 atom stereocenters. The number of hydrogen-bond donors (Lipinski definition) is 5. The van der Waals surface area contributed by atoms with Crippen molar-refractivity contribution in [1.82, 2.24) is 25.3 Å². The molecule has 8 amide bonds. The van der Waals surface area contributed by atoms with Gasteiger partial charge >= 0.3 is 89.1 Å². The second kappa shape index (κ2) is 19.3. The topological polar surface area (TPSA) is 316 Å². The number of piperazine rings is 1.